The first-order valence-corrected chi connectivity index (χ1v) is 7.62. The van der Waals surface area contributed by atoms with Crippen LogP contribution in [-0.2, 0) is 17.8 Å². The summed E-state index contributed by atoms with van der Waals surface area (Å²) in [4.78, 5) is 10.6. The second kappa shape index (κ2) is 7.38. The van der Waals surface area contributed by atoms with E-state index in [2.05, 4.69) is 40.3 Å². The van der Waals surface area contributed by atoms with Crippen molar-refractivity contribution in [3.63, 3.8) is 0 Å². The van der Waals surface area contributed by atoms with Crippen LogP contribution in [0.1, 0.15) is 29.7 Å². The van der Waals surface area contributed by atoms with E-state index in [9.17, 15) is 4.79 Å². The van der Waals surface area contributed by atoms with Crippen molar-refractivity contribution in [1.29, 1.82) is 0 Å². The molecule has 3 nitrogen and oxygen atoms in total. The van der Waals surface area contributed by atoms with Crippen molar-refractivity contribution in [3.05, 3.63) is 69.7 Å². The lowest BCUT2D eigenvalue weighted by Gasteiger charge is -2.15. The third kappa shape index (κ3) is 4.99. The molecule has 1 atom stereocenters. The largest absolute Gasteiger partial charge is 0.481 e. The fourth-order valence-electron chi connectivity index (χ4n) is 2.11. The van der Waals surface area contributed by atoms with Crippen LogP contribution in [0.2, 0.25) is 0 Å². The van der Waals surface area contributed by atoms with Crippen LogP contribution in [0, 0.1) is 0 Å². The third-order valence-electron chi connectivity index (χ3n) is 3.34. The van der Waals surface area contributed by atoms with Crippen molar-refractivity contribution in [2.45, 2.75) is 25.9 Å². The first-order chi connectivity index (χ1) is 10.0. The maximum atomic E-state index is 10.6. The predicted octanol–water partition coefficient (Wildman–Crippen LogP) is 3.93. The number of carboxylic acids is 1. The molecule has 21 heavy (non-hydrogen) atoms. The summed E-state index contributed by atoms with van der Waals surface area (Å²) in [7, 11) is 0. The average molecular weight is 348 g/mol. The molecule has 110 valence electrons. The molecule has 0 aliphatic carbocycles. The van der Waals surface area contributed by atoms with E-state index in [-0.39, 0.29) is 12.5 Å². The number of hydrogen-bond donors (Lipinski definition) is 2. The van der Waals surface area contributed by atoms with Gasteiger partial charge in [-0.1, -0.05) is 52.3 Å². The molecule has 0 radical (unpaired) electrons. The zero-order valence-corrected chi connectivity index (χ0v) is 13.4. The molecule has 0 saturated carbocycles. The van der Waals surface area contributed by atoms with Crippen molar-refractivity contribution >= 4 is 21.9 Å². The van der Waals surface area contributed by atoms with E-state index in [0.29, 0.717) is 0 Å². The zero-order chi connectivity index (χ0) is 15.2. The Morgan fingerprint density at radius 3 is 2.48 bits per heavy atom. The summed E-state index contributed by atoms with van der Waals surface area (Å²) in [5.74, 6) is -0.802. The molecule has 0 fully saturated rings. The van der Waals surface area contributed by atoms with Gasteiger partial charge in [-0.2, -0.15) is 0 Å². The summed E-state index contributed by atoms with van der Waals surface area (Å²) in [6, 6.07) is 16.2. The van der Waals surface area contributed by atoms with Crippen LogP contribution >= 0.6 is 15.9 Å². The average Bonchev–Trinajstić information content (AvgIpc) is 2.45. The Balaban J connectivity index is 1.92. The lowest BCUT2D eigenvalue weighted by molar-refractivity contribution is -0.136. The van der Waals surface area contributed by atoms with E-state index < -0.39 is 5.97 Å². The number of rotatable bonds is 6. The van der Waals surface area contributed by atoms with Crippen molar-refractivity contribution in [3.8, 4) is 0 Å². The number of nitrogens with one attached hydrogen (secondary N) is 1. The molecule has 0 aromatic heterocycles. The van der Waals surface area contributed by atoms with E-state index in [1.54, 1.807) is 0 Å². The predicted molar refractivity (Wildman–Crippen MR) is 87.2 cm³/mol. The highest BCUT2D eigenvalue weighted by atomic mass is 79.9. The van der Waals surface area contributed by atoms with E-state index in [4.69, 9.17) is 5.11 Å². The molecule has 2 aromatic carbocycles. The van der Waals surface area contributed by atoms with E-state index in [1.807, 2.05) is 36.4 Å². The lowest BCUT2D eigenvalue weighted by atomic mass is 10.1. The highest BCUT2D eigenvalue weighted by molar-refractivity contribution is 9.10. The summed E-state index contributed by atoms with van der Waals surface area (Å²) < 4.78 is 1.08. The Bertz CT molecular complexity index is 610. The number of carbonyl (C=O) groups is 1. The van der Waals surface area contributed by atoms with Crippen LogP contribution in [-0.4, -0.2) is 11.1 Å². The lowest BCUT2D eigenvalue weighted by Crippen LogP contribution is -2.18. The van der Waals surface area contributed by atoms with E-state index >= 15 is 0 Å². The first kappa shape index (κ1) is 15.7. The van der Waals surface area contributed by atoms with Gasteiger partial charge in [0.2, 0.25) is 0 Å². The van der Waals surface area contributed by atoms with Gasteiger partial charge in [0.15, 0.2) is 0 Å². The maximum Gasteiger partial charge on any atom is 0.307 e. The summed E-state index contributed by atoms with van der Waals surface area (Å²) in [5, 5.41) is 12.2. The molecule has 0 unspecified atom stereocenters. The smallest absolute Gasteiger partial charge is 0.307 e. The summed E-state index contributed by atoms with van der Waals surface area (Å²) >= 11 is 3.48. The molecule has 2 rings (SSSR count). The number of halogens is 1. The number of hydrogen-bond acceptors (Lipinski definition) is 2. The Morgan fingerprint density at radius 2 is 1.86 bits per heavy atom. The normalized spacial score (nSPS) is 12.1. The van der Waals surface area contributed by atoms with Gasteiger partial charge in [0.05, 0.1) is 6.42 Å². The highest BCUT2D eigenvalue weighted by Crippen LogP contribution is 2.18. The van der Waals surface area contributed by atoms with Crippen molar-refractivity contribution in [2.75, 3.05) is 0 Å². The van der Waals surface area contributed by atoms with Gasteiger partial charge >= 0.3 is 5.97 Å². The zero-order valence-electron chi connectivity index (χ0n) is 11.8. The summed E-state index contributed by atoms with van der Waals surface area (Å²) in [6.45, 7) is 2.88. The molecule has 0 saturated heterocycles. The minimum atomic E-state index is -0.802. The summed E-state index contributed by atoms with van der Waals surface area (Å²) in [6.07, 6.45) is 0.0716. The molecular formula is C17H18BrNO2. The molecular weight excluding hydrogens is 330 g/mol. The molecule has 2 N–H and O–H groups in total. The molecule has 0 aliphatic heterocycles. The van der Waals surface area contributed by atoms with Crippen molar-refractivity contribution in [1.82, 2.24) is 5.32 Å². The second-order valence-electron chi connectivity index (χ2n) is 5.04. The Kier molecular flexibility index (Phi) is 5.53. The van der Waals surface area contributed by atoms with Crippen molar-refractivity contribution in [2.24, 2.45) is 0 Å². The number of aliphatic carboxylic acids is 1. The summed E-state index contributed by atoms with van der Waals surface area (Å²) in [5.41, 5.74) is 3.20. The van der Waals surface area contributed by atoms with Gasteiger partial charge in [0.25, 0.3) is 0 Å². The van der Waals surface area contributed by atoms with Gasteiger partial charge in [0, 0.05) is 17.1 Å². The van der Waals surface area contributed by atoms with E-state index in [1.165, 1.54) is 5.56 Å². The molecule has 0 amide bonds. The van der Waals surface area contributed by atoms with Crippen molar-refractivity contribution < 1.29 is 9.90 Å². The maximum absolute atomic E-state index is 10.6. The van der Waals surface area contributed by atoms with Gasteiger partial charge in [-0.25, -0.2) is 0 Å². The van der Waals surface area contributed by atoms with Crippen LogP contribution in [0.5, 0.6) is 0 Å². The van der Waals surface area contributed by atoms with E-state index in [0.717, 1.165) is 22.1 Å². The first-order valence-electron chi connectivity index (χ1n) is 6.83. The molecule has 0 bridgehead atoms. The van der Waals surface area contributed by atoms with Crippen LogP contribution < -0.4 is 5.32 Å². The molecule has 0 heterocycles. The highest BCUT2D eigenvalue weighted by Gasteiger charge is 2.05. The minimum absolute atomic E-state index is 0.0716. The van der Waals surface area contributed by atoms with Crippen LogP contribution in [0.15, 0.2) is 53.0 Å². The Morgan fingerprint density at radius 1 is 1.19 bits per heavy atom. The van der Waals surface area contributed by atoms with Crippen LogP contribution in [0.4, 0.5) is 0 Å². The molecule has 0 aliphatic rings. The topological polar surface area (TPSA) is 49.3 Å². The Labute approximate surface area is 133 Å². The van der Waals surface area contributed by atoms with Gasteiger partial charge in [0.1, 0.15) is 0 Å². The third-order valence-corrected chi connectivity index (χ3v) is 3.83. The fourth-order valence-corrected chi connectivity index (χ4v) is 2.53. The fraction of sp³-hybridized carbons (Fsp3) is 0.235. The quantitative estimate of drug-likeness (QED) is 0.832. The second-order valence-corrected chi connectivity index (χ2v) is 5.96. The molecule has 4 heteroatoms. The number of carboxylic acid groups (broad SMARTS) is 1. The monoisotopic (exact) mass is 347 g/mol. The van der Waals surface area contributed by atoms with Gasteiger partial charge < -0.3 is 10.4 Å². The molecule has 0 spiro atoms. The minimum Gasteiger partial charge on any atom is -0.481 e. The van der Waals surface area contributed by atoms with Crippen LogP contribution in [0.3, 0.4) is 0 Å². The number of benzene rings is 2. The van der Waals surface area contributed by atoms with Gasteiger partial charge in [-0.05, 0) is 35.7 Å². The van der Waals surface area contributed by atoms with Gasteiger partial charge in [-0.3, -0.25) is 4.79 Å². The van der Waals surface area contributed by atoms with Gasteiger partial charge in [-0.15, -0.1) is 0 Å². The Hall–Kier alpha value is -1.65. The standard InChI is InChI=1S/C17H18BrNO2/c1-12(15-3-2-4-16(18)10-15)19-11-14-7-5-13(6-8-14)9-17(20)21/h2-8,10,12,19H,9,11H2,1H3,(H,20,21)/t12-/m1/s1. The van der Waals surface area contributed by atoms with Crippen LogP contribution in [0.25, 0.3) is 0 Å². The molecule has 2 aromatic rings. The SMILES string of the molecule is C[C@@H](NCc1ccc(CC(=O)O)cc1)c1cccc(Br)c1.